The van der Waals surface area contributed by atoms with Gasteiger partial charge in [0, 0.05) is 10.6 Å². The lowest BCUT2D eigenvalue weighted by Gasteiger charge is -2.11. The van der Waals surface area contributed by atoms with Crippen LogP contribution in [0.15, 0.2) is 47.6 Å². The first-order valence-corrected chi connectivity index (χ1v) is 7.45. The summed E-state index contributed by atoms with van der Waals surface area (Å²) in [7, 11) is 1.55. The first kappa shape index (κ1) is 17.6. The van der Waals surface area contributed by atoms with E-state index in [0.717, 1.165) is 11.1 Å². The summed E-state index contributed by atoms with van der Waals surface area (Å²) in [5.41, 5.74) is 6.67. The molecule has 0 aromatic heterocycles. The van der Waals surface area contributed by atoms with Crippen molar-refractivity contribution in [3.8, 4) is 11.5 Å². The van der Waals surface area contributed by atoms with Gasteiger partial charge in [0.2, 0.25) is 0 Å². The molecule has 7 heteroatoms. The molecule has 2 aromatic carbocycles. The van der Waals surface area contributed by atoms with Gasteiger partial charge in [-0.25, -0.2) is 0 Å². The molecule has 0 unspecified atom stereocenters. The number of methoxy groups -OCH3 is 1. The number of carbonyl (C=O) groups is 1. The number of amides is 1. The number of primary amides is 1. The molecule has 0 fully saturated rings. The molecule has 1 amide bonds. The van der Waals surface area contributed by atoms with Crippen molar-refractivity contribution in [2.24, 2.45) is 10.9 Å². The normalized spacial score (nSPS) is 10.6. The number of benzene rings is 2. The van der Waals surface area contributed by atoms with Gasteiger partial charge in [-0.2, -0.15) is 0 Å². The van der Waals surface area contributed by atoms with Gasteiger partial charge in [-0.1, -0.05) is 28.9 Å². The SMILES string of the molecule is COc1cc(/C=N\OCC(N)=O)ccc1OCc1ccc(Cl)cc1. The second kappa shape index (κ2) is 8.79. The third-order valence-corrected chi connectivity index (χ3v) is 3.23. The molecule has 0 radical (unpaired) electrons. The minimum Gasteiger partial charge on any atom is -0.493 e. The van der Waals surface area contributed by atoms with Crippen LogP contribution in [0.3, 0.4) is 0 Å². The quantitative estimate of drug-likeness (QED) is 0.587. The minimum atomic E-state index is -0.587. The smallest absolute Gasteiger partial charge is 0.258 e. The van der Waals surface area contributed by atoms with Crippen LogP contribution in [0.25, 0.3) is 0 Å². The predicted molar refractivity (Wildman–Crippen MR) is 91.5 cm³/mol. The fourth-order valence-electron chi connectivity index (χ4n) is 1.82. The highest BCUT2D eigenvalue weighted by molar-refractivity contribution is 6.30. The van der Waals surface area contributed by atoms with E-state index in [-0.39, 0.29) is 6.61 Å². The zero-order chi connectivity index (χ0) is 17.4. The summed E-state index contributed by atoms with van der Waals surface area (Å²) in [5, 5.41) is 4.33. The molecule has 0 heterocycles. The largest absolute Gasteiger partial charge is 0.493 e. The molecular weight excluding hydrogens is 332 g/mol. The molecule has 0 saturated carbocycles. The van der Waals surface area contributed by atoms with Crippen molar-refractivity contribution in [3.63, 3.8) is 0 Å². The van der Waals surface area contributed by atoms with E-state index in [1.165, 1.54) is 6.21 Å². The summed E-state index contributed by atoms with van der Waals surface area (Å²) in [4.78, 5) is 15.3. The number of nitrogens with zero attached hydrogens (tertiary/aromatic N) is 1. The van der Waals surface area contributed by atoms with Gasteiger partial charge in [-0.3, -0.25) is 4.79 Å². The fraction of sp³-hybridized carbons (Fsp3) is 0.176. The van der Waals surface area contributed by atoms with Crippen molar-refractivity contribution in [1.82, 2.24) is 0 Å². The maximum atomic E-state index is 10.5. The Bertz CT molecular complexity index is 717. The summed E-state index contributed by atoms with van der Waals surface area (Å²) in [5.74, 6) is 0.571. The maximum absolute atomic E-state index is 10.5. The summed E-state index contributed by atoms with van der Waals surface area (Å²) in [6.07, 6.45) is 1.45. The van der Waals surface area contributed by atoms with Crippen LogP contribution in [0.2, 0.25) is 5.02 Å². The van der Waals surface area contributed by atoms with Gasteiger partial charge in [0.1, 0.15) is 6.61 Å². The first-order chi connectivity index (χ1) is 11.6. The van der Waals surface area contributed by atoms with Crippen LogP contribution in [0.4, 0.5) is 0 Å². The highest BCUT2D eigenvalue weighted by atomic mass is 35.5. The number of carbonyl (C=O) groups excluding carboxylic acids is 1. The van der Waals surface area contributed by atoms with Crippen molar-refractivity contribution in [2.75, 3.05) is 13.7 Å². The van der Waals surface area contributed by atoms with Crippen molar-refractivity contribution >= 4 is 23.7 Å². The Morgan fingerprint density at radius 1 is 1.21 bits per heavy atom. The number of nitrogens with two attached hydrogens (primary N) is 1. The molecule has 0 bridgehead atoms. The average molecular weight is 349 g/mol. The van der Waals surface area contributed by atoms with Gasteiger partial charge < -0.3 is 20.0 Å². The van der Waals surface area contributed by atoms with Gasteiger partial charge in [0.15, 0.2) is 18.1 Å². The molecule has 2 rings (SSSR count). The molecule has 0 spiro atoms. The monoisotopic (exact) mass is 348 g/mol. The van der Waals surface area contributed by atoms with E-state index >= 15 is 0 Å². The van der Waals surface area contributed by atoms with Gasteiger partial charge in [0.05, 0.1) is 13.3 Å². The van der Waals surface area contributed by atoms with Crippen LogP contribution in [0.1, 0.15) is 11.1 Å². The molecule has 6 nitrogen and oxygen atoms in total. The molecule has 2 N–H and O–H groups in total. The van der Waals surface area contributed by atoms with Gasteiger partial charge in [-0.05, 0) is 35.9 Å². The van der Waals surface area contributed by atoms with Gasteiger partial charge in [0.25, 0.3) is 5.91 Å². The molecule has 24 heavy (non-hydrogen) atoms. The Balaban J connectivity index is 2.00. The van der Waals surface area contributed by atoms with Crippen molar-refractivity contribution in [1.29, 1.82) is 0 Å². The molecule has 0 atom stereocenters. The standard InChI is InChI=1S/C17H17ClN2O4/c1-22-16-8-13(9-20-24-11-17(19)21)4-7-15(16)23-10-12-2-5-14(18)6-3-12/h2-9H,10-11H2,1H3,(H2,19,21)/b20-9-. The zero-order valence-corrected chi connectivity index (χ0v) is 13.8. The van der Waals surface area contributed by atoms with E-state index in [0.29, 0.717) is 23.1 Å². The van der Waals surface area contributed by atoms with E-state index in [4.69, 9.17) is 31.6 Å². The van der Waals surface area contributed by atoms with Crippen molar-refractivity contribution in [3.05, 3.63) is 58.6 Å². The third-order valence-electron chi connectivity index (χ3n) is 2.98. The molecule has 126 valence electrons. The van der Waals surface area contributed by atoms with Crippen LogP contribution in [0, 0.1) is 0 Å². The predicted octanol–water partition coefficient (Wildman–Crippen LogP) is 2.76. The lowest BCUT2D eigenvalue weighted by Crippen LogP contribution is -2.16. The third kappa shape index (κ3) is 5.48. The number of halogens is 1. The van der Waals surface area contributed by atoms with E-state index in [9.17, 15) is 4.79 Å². The molecule has 0 saturated heterocycles. The number of hydrogen-bond donors (Lipinski definition) is 1. The number of ether oxygens (including phenoxy) is 2. The number of oxime groups is 1. The summed E-state index contributed by atoms with van der Waals surface area (Å²) in [6.45, 7) is 0.124. The highest BCUT2D eigenvalue weighted by Gasteiger charge is 2.06. The van der Waals surface area contributed by atoms with Gasteiger partial charge in [-0.15, -0.1) is 0 Å². The summed E-state index contributed by atoms with van der Waals surface area (Å²) < 4.78 is 11.1. The molecule has 0 aliphatic carbocycles. The minimum absolute atomic E-state index is 0.268. The van der Waals surface area contributed by atoms with E-state index in [1.807, 2.05) is 24.3 Å². The Morgan fingerprint density at radius 3 is 2.62 bits per heavy atom. The fourth-order valence-corrected chi connectivity index (χ4v) is 1.95. The van der Waals surface area contributed by atoms with Crippen LogP contribution in [-0.4, -0.2) is 25.8 Å². The first-order valence-electron chi connectivity index (χ1n) is 7.07. The van der Waals surface area contributed by atoms with Crippen LogP contribution < -0.4 is 15.2 Å². The Kier molecular flexibility index (Phi) is 6.45. The maximum Gasteiger partial charge on any atom is 0.258 e. The van der Waals surface area contributed by atoms with Crippen molar-refractivity contribution < 1.29 is 19.1 Å². The second-order valence-corrected chi connectivity index (χ2v) is 5.24. The summed E-state index contributed by atoms with van der Waals surface area (Å²) in [6, 6.07) is 12.7. The molecule has 0 aliphatic heterocycles. The highest BCUT2D eigenvalue weighted by Crippen LogP contribution is 2.28. The van der Waals surface area contributed by atoms with Crippen LogP contribution >= 0.6 is 11.6 Å². The van der Waals surface area contributed by atoms with E-state index in [2.05, 4.69) is 5.16 Å². The van der Waals surface area contributed by atoms with Gasteiger partial charge >= 0.3 is 0 Å². The lowest BCUT2D eigenvalue weighted by molar-refractivity contribution is -0.122. The second-order valence-electron chi connectivity index (χ2n) is 4.80. The number of rotatable bonds is 8. The van der Waals surface area contributed by atoms with Crippen LogP contribution in [-0.2, 0) is 16.2 Å². The molecule has 2 aromatic rings. The number of hydrogen-bond acceptors (Lipinski definition) is 5. The lowest BCUT2D eigenvalue weighted by atomic mass is 10.2. The molecular formula is C17H17ClN2O4. The van der Waals surface area contributed by atoms with Crippen LogP contribution in [0.5, 0.6) is 11.5 Å². The Labute approximate surface area is 144 Å². The average Bonchev–Trinajstić information content (AvgIpc) is 2.58. The van der Waals surface area contributed by atoms with E-state index < -0.39 is 5.91 Å². The Morgan fingerprint density at radius 2 is 1.96 bits per heavy atom. The van der Waals surface area contributed by atoms with E-state index in [1.54, 1.807) is 25.3 Å². The Hall–Kier alpha value is -2.73. The van der Waals surface area contributed by atoms with Crippen molar-refractivity contribution in [2.45, 2.75) is 6.61 Å². The zero-order valence-electron chi connectivity index (χ0n) is 13.1. The molecule has 0 aliphatic rings. The summed E-state index contributed by atoms with van der Waals surface area (Å²) >= 11 is 5.85. The topological polar surface area (TPSA) is 83.1 Å².